The molecule has 212 valence electrons. The third-order valence-electron chi connectivity index (χ3n) is 6.80. The topological polar surface area (TPSA) is 88.9 Å². The van der Waals surface area contributed by atoms with Crippen molar-refractivity contribution in [1.82, 2.24) is 20.3 Å². The number of amides is 2. The Hall–Kier alpha value is -3.23. The number of alkyl halides is 6. The monoisotopic (exact) mass is 577 g/mol. The number of aromatic nitrogens is 3. The smallest absolute Gasteiger partial charge is 0.344 e. The van der Waals surface area contributed by atoms with Gasteiger partial charge in [0.2, 0.25) is 5.91 Å². The van der Waals surface area contributed by atoms with E-state index < -0.39 is 67.4 Å². The molecule has 1 aromatic heterocycles. The van der Waals surface area contributed by atoms with Gasteiger partial charge in [-0.2, -0.15) is 26.3 Å². The summed E-state index contributed by atoms with van der Waals surface area (Å²) in [7, 11) is -1.53. The molecule has 4 rings (SSSR count). The molecule has 15 heteroatoms. The number of benzene rings is 1. The molecule has 0 saturated heterocycles. The van der Waals surface area contributed by atoms with E-state index in [0.29, 0.717) is 42.4 Å². The third kappa shape index (κ3) is 6.33. The largest absolute Gasteiger partial charge is 0.471 e. The maximum atomic E-state index is 13.7. The molecule has 2 aromatic rings. The quantitative estimate of drug-likeness (QED) is 0.372. The first kappa shape index (κ1) is 28.8. The fraction of sp³-hybridized carbons (Fsp3) is 0.500. The molecule has 1 heterocycles. The summed E-state index contributed by atoms with van der Waals surface area (Å²) in [4.78, 5) is 25.1. The van der Waals surface area contributed by atoms with Crippen LogP contribution in [0.15, 0.2) is 30.0 Å². The first-order valence-corrected chi connectivity index (χ1v) is 15.8. The van der Waals surface area contributed by atoms with E-state index >= 15 is 0 Å². The number of carbonyl (C=O) groups is 2. The average Bonchev–Trinajstić information content (AvgIpc) is 3.46. The molecule has 0 aliphatic heterocycles. The molecule has 4 atom stereocenters. The SMILES string of the molecule is C[Si](C)(C)Cn1cc(/C=C2\[C@H]3CC[C@@H]2[C@H](C(=O)Nc2ccc(F)c(C(F)(F)F)c2)[C@@H]3NC(=O)C(F)(F)F)nn1. The lowest BCUT2D eigenvalue weighted by atomic mass is 9.83. The highest BCUT2D eigenvalue weighted by atomic mass is 28.3. The number of carbonyl (C=O) groups excluding carboxylic acids is 2. The van der Waals surface area contributed by atoms with Crippen molar-refractivity contribution in [1.29, 1.82) is 0 Å². The van der Waals surface area contributed by atoms with Gasteiger partial charge in [0.15, 0.2) is 0 Å². The molecule has 0 unspecified atom stereocenters. The Morgan fingerprint density at radius 3 is 2.38 bits per heavy atom. The summed E-state index contributed by atoms with van der Waals surface area (Å²) >= 11 is 0. The lowest BCUT2D eigenvalue weighted by Gasteiger charge is -2.30. The van der Waals surface area contributed by atoms with Crippen molar-refractivity contribution in [2.75, 3.05) is 5.32 Å². The Morgan fingerprint density at radius 2 is 1.77 bits per heavy atom. The number of hydrogen-bond acceptors (Lipinski definition) is 4. The lowest BCUT2D eigenvalue weighted by molar-refractivity contribution is -0.175. The standard InChI is InChI=1S/C24H26F7N5O2Si/c1-39(2,3)11-36-10-13(34-35-36)8-16-14-5-6-15(16)20(33-22(38)24(29,30)31)19(14)21(37)32-12-4-7-18(25)17(9-12)23(26,27)28/h4,7-10,14-15,19-20H,5-6,11H2,1-3H3,(H,32,37)(H,33,38)/b16-8-/t14-,15+,19-,20+/m0/s1. The van der Waals surface area contributed by atoms with Crippen LogP contribution in [0.4, 0.5) is 36.4 Å². The maximum absolute atomic E-state index is 13.7. The molecule has 2 fully saturated rings. The van der Waals surface area contributed by atoms with E-state index in [1.54, 1.807) is 17.0 Å². The molecule has 2 aliphatic carbocycles. The number of nitrogens with zero attached hydrogens (tertiary/aromatic N) is 3. The van der Waals surface area contributed by atoms with Crippen molar-refractivity contribution in [3.8, 4) is 0 Å². The van der Waals surface area contributed by atoms with Gasteiger partial charge in [-0.1, -0.05) is 30.4 Å². The second kappa shape index (κ2) is 10.1. The number of anilines is 1. The van der Waals surface area contributed by atoms with Gasteiger partial charge < -0.3 is 10.6 Å². The zero-order valence-corrected chi connectivity index (χ0v) is 22.1. The number of halogens is 7. The van der Waals surface area contributed by atoms with Crippen molar-refractivity contribution in [2.24, 2.45) is 17.8 Å². The van der Waals surface area contributed by atoms with Gasteiger partial charge in [-0.05, 0) is 43.0 Å². The van der Waals surface area contributed by atoms with Crippen LogP contribution in [-0.4, -0.2) is 47.1 Å². The zero-order chi connectivity index (χ0) is 28.9. The van der Waals surface area contributed by atoms with Crippen molar-refractivity contribution in [3.63, 3.8) is 0 Å². The van der Waals surface area contributed by atoms with Gasteiger partial charge in [0.05, 0.1) is 25.8 Å². The molecular formula is C24H26F7N5O2Si. The summed E-state index contributed by atoms with van der Waals surface area (Å²) in [5.41, 5.74) is -0.928. The molecule has 0 radical (unpaired) electrons. The van der Waals surface area contributed by atoms with Crippen LogP contribution in [0.25, 0.3) is 6.08 Å². The summed E-state index contributed by atoms with van der Waals surface area (Å²) in [5, 5.41) is 12.4. The second-order valence-corrected chi connectivity index (χ2v) is 16.5. The molecular weight excluding hydrogens is 551 g/mol. The molecule has 2 N–H and O–H groups in total. The first-order chi connectivity index (χ1) is 17.9. The minimum absolute atomic E-state index is 0.378. The zero-order valence-electron chi connectivity index (χ0n) is 21.1. The molecule has 2 aliphatic rings. The highest BCUT2D eigenvalue weighted by Crippen LogP contribution is 2.53. The predicted octanol–water partition coefficient (Wildman–Crippen LogP) is 5.04. The summed E-state index contributed by atoms with van der Waals surface area (Å²) in [6.45, 7) is 6.42. The Bertz CT molecular complexity index is 1300. The minimum atomic E-state index is -5.20. The fourth-order valence-electron chi connectivity index (χ4n) is 5.38. The maximum Gasteiger partial charge on any atom is 0.471 e. The Morgan fingerprint density at radius 1 is 1.10 bits per heavy atom. The van der Waals surface area contributed by atoms with E-state index in [4.69, 9.17) is 0 Å². The fourth-order valence-corrected chi connectivity index (χ4v) is 6.51. The summed E-state index contributed by atoms with van der Waals surface area (Å²) < 4.78 is 94.1. The Kier molecular flexibility index (Phi) is 7.42. The van der Waals surface area contributed by atoms with Crippen LogP contribution < -0.4 is 10.6 Å². The van der Waals surface area contributed by atoms with Crippen LogP contribution in [0.1, 0.15) is 24.1 Å². The molecule has 39 heavy (non-hydrogen) atoms. The lowest BCUT2D eigenvalue weighted by Crippen LogP contribution is -2.51. The van der Waals surface area contributed by atoms with Gasteiger partial charge in [-0.3, -0.25) is 14.3 Å². The van der Waals surface area contributed by atoms with Gasteiger partial charge in [-0.15, -0.1) is 5.10 Å². The molecule has 2 bridgehead atoms. The van der Waals surface area contributed by atoms with Crippen LogP contribution in [0.5, 0.6) is 0 Å². The van der Waals surface area contributed by atoms with E-state index in [0.717, 1.165) is 6.07 Å². The van der Waals surface area contributed by atoms with Gasteiger partial charge in [-0.25, -0.2) is 4.39 Å². The molecule has 2 saturated carbocycles. The van der Waals surface area contributed by atoms with Gasteiger partial charge >= 0.3 is 18.3 Å². The average molecular weight is 578 g/mol. The summed E-state index contributed by atoms with van der Waals surface area (Å²) in [6.07, 6.45) is -5.40. The first-order valence-electron chi connectivity index (χ1n) is 12.1. The summed E-state index contributed by atoms with van der Waals surface area (Å²) in [5.74, 6) is -7.08. The van der Waals surface area contributed by atoms with Crippen molar-refractivity contribution in [3.05, 3.63) is 47.0 Å². The second-order valence-electron chi connectivity index (χ2n) is 11.0. The minimum Gasteiger partial charge on any atom is -0.344 e. The predicted molar refractivity (Wildman–Crippen MR) is 129 cm³/mol. The normalized spacial score (nSPS) is 24.3. The van der Waals surface area contributed by atoms with Crippen LogP contribution >= 0.6 is 0 Å². The van der Waals surface area contributed by atoms with E-state index in [2.05, 4.69) is 35.3 Å². The van der Waals surface area contributed by atoms with E-state index in [1.807, 2.05) is 5.32 Å². The summed E-state index contributed by atoms with van der Waals surface area (Å²) in [6, 6.07) is 0.616. The number of rotatable bonds is 6. The Balaban J connectivity index is 1.65. The number of nitrogens with one attached hydrogen (secondary N) is 2. The van der Waals surface area contributed by atoms with Gasteiger partial charge in [0.1, 0.15) is 11.5 Å². The van der Waals surface area contributed by atoms with Gasteiger partial charge in [0, 0.05) is 23.8 Å². The van der Waals surface area contributed by atoms with Crippen molar-refractivity contribution in [2.45, 2.75) is 57.0 Å². The van der Waals surface area contributed by atoms with E-state index in [1.165, 1.54) is 0 Å². The Labute approximate surface area is 219 Å². The molecule has 1 aromatic carbocycles. The van der Waals surface area contributed by atoms with Gasteiger partial charge in [0.25, 0.3) is 0 Å². The van der Waals surface area contributed by atoms with Crippen molar-refractivity contribution < 1.29 is 40.3 Å². The third-order valence-corrected chi connectivity index (χ3v) is 8.08. The van der Waals surface area contributed by atoms with Crippen LogP contribution in [0, 0.1) is 23.6 Å². The van der Waals surface area contributed by atoms with Crippen LogP contribution in [0.2, 0.25) is 19.6 Å². The highest BCUT2D eigenvalue weighted by molar-refractivity contribution is 6.74. The molecule has 2 amide bonds. The van der Waals surface area contributed by atoms with Crippen LogP contribution in [0.3, 0.4) is 0 Å². The van der Waals surface area contributed by atoms with E-state index in [9.17, 15) is 40.3 Å². The van der Waals surface area contributed by atoms with E-state index in [-0.39, 0.29) is 5.69 Å². The number of fused-ring (bicyclic) bond motifs is 2. The highest BCUT2D eigenvalue weighted by Gasteiger charge is 2.56. The molecule has 7 nitrogen and oxygen atoms in total. The van der Waals surface area contributed by atoms with Crippen LogP contribution in [-0.2, 0) is 21.9 Å². The number of hydrogen-bond donors (Lipinski definition) is 2. The molecule has 0 spiro atoms. The van der Waals surface area contributed by atoms with Crippen molar-refractivity contribution >= 4 is 31.7 Å².